The molecule has 17 heavy (non-hydrogen) atoms. The lowest BCUT2D eigenvalue weighted by Crippen LogP contribution is -2.42. The van der Waals surface area contributed by atoms with Gasteiger partial charge in [-0.15, -0.1) is 0 Å². The second-order valence-electron chi connectivity index (χ2n) is 4.98. The summed E-state index contributed by atoms with van der Waals surface area (Å²) >= 11 is 0. The molecule has 1 fully saturated rings. The summed E-state index contributed by atoms with van der Waals surface area (Å²) < 4.78 is 19.4. The van der Waals surface area contributed by atoms with Crippen molar-refractivity contribution in [3.05, 3.63) is 29.6 Å². The van der Waals surface area contributed by atoms with E-state index in [1.165, 1.54) is 7.11 Å². The monoisotopic (exact) mass is 237 g/mol. The smallest absolute Gasteiger partial charge is 0.170 e. The molecule has 1 saturated heterocycles. The molecule has 0 spiro atoms. The molecular weight excluding hydrogens is 217 g/mol. The summed E-state index contributed by atoms with van der Waals surface area (Å²) in [5, 5.41) is 3.48. The van der Waals surface area contributed by atoms with Crippen molar-refractivity contribution < 1.29 is 9.13 Å². The molecule has 0 bridgehead atoms. The van der Waals surface area contributed by atoms with Gasteiger partial charge in [-0.25, -0.2) is 4.39 Å². The van der Waals surface area contributed by atoms with Gasteiger partial charge in [-0.3, -0.25) is 0 Å². The van der Waals surface area contributed by atoms with Crippen LogP contribution in [-0.2, 0) is 5.54 Å². The molecule has 0 saturated carbocycles. The van der Waals surface area contributed by atoms with E-state index in [1.807, 2.05) is 12.1 Å². The largest absolute Gasteiger partial charge is 0.494 e. The van der Waals surface area contributed by atoms with Crippen LogP contribution < -0.4 is 10.1 Å². The predicted molar refractivity (Wildman–Crippen MR) is 66.7 cm³/mol. The minimum Gasteiger partial charge on any atom is -0.494 e. The molecule has 2 rings (SSSR count). The van der Waals surface area contributed by atoms with Crippen LogP contribution in [0.5, 0.6) is 5.75 Å². The van der Waals surface area contributed by atoms with Crippen molar-refractivity contribution in [2.75, 3.05) is 13.7 Å². The summed E-state index contributed by atoms with van der Waals surface area (Å²) in [6.45, 7) is 5.23. The molecule has 1 aliphatic rings. The van der Waals surface area contributed by atoms with E-state index < -0.39 is 0 Å². The molecule has 0 radical (unpaired) electrons. The summed E-state index contributed by atoms with van der Waals surface area (Å²) in [6, 6.07) is 5.40. The first-order chi connectivity index (χ1) is 8.12. The number of hydrogen-bond donors (Lipinski definition) is 1. The predicted octanol–water partition coefficient (Wildman–Crippen LogP) is 3.07. The molecule has 0 aromatic heterocycles. The van der Waals surface area contributed by atoms with E-state index >= 15 is 0 Å². The van der Waals surface area contributed by atoms with Gasteiger partial charge in [-0.1, -0.05) is 26.0 Å². The average molecular weight is 237 g/mol. The molecule has 1 N–H and O–H groups in total. The second kappa shape index (κ2) is 4.65. The van der Waals surface area contributed by atoms with Crippen molar-refractivity contribution in [2.24, 2.45) is 5.92 Å². The maximum absolute atomic E-state index is 14.4. The van der Waals surface area contributed by atoms with Crippen molar-refractivity contribution in [1.82, 2.24) is 5.32 Å². The standard InChI is InChI=1S/C14H20FNO/c1-10(2)14(8-5-9-16-14)11-6-4-7-12(17-3)13(11)15/h4,6-7,10,16H,5,8-9H2,1-3H3. The molecule has 1 atom stereocenters. The Bertz CT molecular complexity index is 397. The first-order valence-corrected chi connectivity index (χ1v) is 6.20. The van der Waals surface area contributed by atoms with Crippen LogP contribution in [0.25, 0.3) is 0 Å². The van der Waals surface area contributed by atoms with E-state index in [4.69, 9.17) is 4.74 Å². The van der Waals surface area contributed by atoms with Crippen molar-refractivity contribution in [3.8, 4) is 5.75 Å². The third-order valence-corrected chi connectivity index (χ3v) is 3.84. The molecule has 1 aliphatic heterocycles. The van der Waals surface area contributed by atoms with Crippen LogP contribution in [0.3, 0.4) is 0 Å². The molecule has 3 heteroatoms. The maximum atomic E-state index is 14.4. The highest BCUT2D eigenvalue weighted by Crippen LogP contribution is 2.40. The van der Waals surface area contributed by atoms with Crippen molar-refractivity contribution in [2.45, 2.75) is 32.2 Å². The van der Waals surface area contributed by atoms with Crippen LogP contribution in [0.1, 0.15) is 32.3 Å². The molecule has 2 nitrogen and oxygen atoms in total. The van der Waals surface area contributed by atoms with Gasteiger partial charge in [-0.05, 0) is 31.4 Å². The first kappa shape index (κ1) is 12.4. The summed E-state index contributed by atoms with van der Waals surface area (Å²) in [6.07, 6.45) is 2.07. The molecule has 0 aliphatic carbocycles. The number of halogens is 1. The molecule has 0 amide bonds. The number of rotatable bonds is 3. The zero-order chi connectivity index (χ0) is 12.5. The van der Waals surface area contributed by atoms with Crippen LogP contribution >= 0.6 is 0 Å². The van der Waals surface area contributed by atoms with Gasteiger partial charge in [-0.2, -0.15) is 0 Å². The first-order valence-electron chi connectivity index (χ1n) is 6.20. The van der Waals surface area contributed by atoms with E-state index in [9.17, 15) is 4.39 Å². The minimum absolute atomic E-state index is 0.224. The normalized spacial score (nSPS) is 24.3. The van der Waals surface area contributed by atoms with E-state index in [-0.39, 0.29) is 11.4 Å². The van der Waals surface area contributed by atoms with Gasteiger partial charge in [0.2, 0.25) is 0 Å². The Labute approximate surface area is 102 Å². The SMILES string of the molecule is COc1cccc(C2(C(C)C)CCCN2)c1F. The Balaban J connectivity index is 2.50. The maximum Gasteiger partial charge on any atom is 0.170 e. The zero-order valence-electron chi connectivity index (χ0n) is 10.7. The lowest BCUT2D eigenvalue weighted by Gasteiger charge is -2.35. The third kappa shape index (κ3) is 1.93. The van der Waals surface area contributed by atoms with E-state index in [2.05, 4.69) is 19.2 Å². The average Bonchev–Trinajstić information content (AvgIpc) is 2.79. The summed E-state index contributed by atoms with van der Waals surface area (Å²) in [5.41, 5.74) is 0.503. The van der Waals surface area contributed by atoms with Gasteiger partial charge in [0, 0.05) is 11.1 Å². The Morgan fingerprint density at radius 2 is 2.18 bits per heavy atom. The van der Waals surface area contributed by atoms with Gasteiger partial charge in [0.15, 0.2) is 11.6 Å². The van der Waals surface area contributed by atoms with Gasteiger partial charge in [0.25, 0.3) is 0 Å². The van der Waals surface area contributed by atoms with Gasteiger partial charge in [0.05, 0.1) is 7.11 Å². The Morgan fingerprint density at radius 1 is 1.41 bits per heavy atom. The molecule has 1 heterocycles. The van der Waals surface area contributed by atoms with Crippen LogP contribution in [0.4, 0.5) is 4.39 Å². The number of benzene rings is 1. The molecule has 1 unspecified atom stereocenters. The molecular formula is C14H20FNO. The summed E-state index contributed by atoms with van der Waals surface area (Å²) in [4.78, 5) is 0. The molecule has 94 valence electrons. The van der Waals surface area contributed by atoms with Crippen molar-refractivity contribution in [1.29, 1.82) is 0 Å². The Kier molecular flexibility index (Phi) is 3.38. The second-order valence-corrected chi connectivity index (χ2v) is 4.98. The summed E-state index contributed by atoms with van der Waals surface area (Å²) in [5.74, 6) is 0.459. The fraction of sp³-hybridized carbons (Fsp3) is 0.571. The summed E-state index contributed by atoms with van der Waals surface area (Å²) in [7, 11) is 1.51. The highest BCUT2D eigenvalue weighted by atomic mass is 19.1. The van der Waals surface area contributed by atoms with Gasteiger partial charge < -0.3 is 10.1 Å². The lowest BCUT2D eigenvalue weighted by atomic mass is 9.78. The number of ether oxygens (including phenoxy) is 1. The number of nitrogens with one attached hydrogen (secondary N) is 1. The van der Waals surface area contributed by atoms with Crippen molar-refractivity contribution >= 4 is 0 Å². The van der Waals surface area contributed by atoms with E-state index in [0.717, 1.165) is 24.9 Å². The van der Waals surface area contributed by atoms with Crippen LogP contribution in [-0.4, -0.2) is 13.7 Å². The molecule has 1 aromatic rings. The van der Waals surface area contributed by atoms with E-state index in [1.54, 1.807) is 6.07 Å². The number of methoxy groups -OCH3 is 1. The molecule has 1 aromatic carbocycles. The van der Waals surface area contributed by atoms with Gasteiger partial charge in [0.1, 0.15) is 0 Å². The van der Waals surface area contributed by atoms with Crippen molar-refractivity contribution in [3.63, 3.8) is 0 Å². The van der Waals surface area contributed by atoms with Gasteiger partial charge >= 0.3 is 0 Å². The Hall–Kier alpha value is -1.09. The lowest BCUT2D eigenvalue weighted by molar-refractivity contribution is 0.263. The van der Waals surface area contributed by atoms with E-state index in [0.29, 0.717) is 11.7 Å². The fourth-order valence-corrected chi connectivity index (χ4v) is 2.81. The minimum atomic E-state index is -0.237. The topological polar surface area (TPSA) is 21.3 Å². The zero-order valence-corrected chi connectivity index (χ0v) is 10.7. The highest BCUT2D eigenvalue weighted by molar-refractivity contribution is 5.36. The Morgan fingerprint density at radius 3 is 2.71 bits per heavy atom. The fourth-order valence-electron chi connectivity index (χ4n) is 2.81. The quantitative estimate of drug-likeness (QED) is 0.872. The van der Waals surface area contributed by atoms with Crippen LogP contribution in [0.2, 0.25) is 0 Å². The highest BCUT2D eigenvalue weighted by Gasteiger charge is 2.40. The van der Waals surface area contributed by atoms with Crippen LogP contribution in [0.15, 0.2) is 18.2 Å². The number of hydrogen-bond acceptors (Lipinski definition) is 2. The van der Waals surface area contributed by atoms with Crippen LogP contribution in [0, 0.1) is 11.7 Å². The third-order valence-electron chi connectivity index (χ3n) is 3.84.